The van der Waals surface area contributed by atoms with Crippen molar-refractivity contribution >= 4 is 11.8 Å². The second-order valence-corrected chi connectivity index (χ2v) is 5.09. The number of aromatic nitrogens is 1. The highest BCUT2D eigenvalue weighted by atomic mass is 32.2. The summed E-state index contributed by atoms with van der Waals surface area (Å²) in [7, 11) is 0. The Morgan fingerprint density at radius 2 is 2.25 bits per heavy atom. The van der Waals surface area contributed by atoms with E-state index in [2.05, 4.69) is 30.2 Å². The zero-order valence-corrected chi connectivity index (χ0v) is 11.1. The molecule has 0 aromatic carbocycles. The van der Waals surface area contributed by atoms with Gasteiger partial charge in [0.25, 0.3) is 0 Å². The minimum absolute atomic E-state index is 0.657. The standard InChI is InChI=1S/C13H22N2S/c1-3-14-12(2)8-5-7-11-16-13-9-4-6-10-15-13/h4,6,9-10,12,14H,3,5,7-8,11H2,1-2H3. The Balaban J connectivity index is 2.00. The molecule has 1 atom stereocenters. The molecule has 0 aliphatic carbocycles. The Bertz CT molecular complexity index is 264. The smallest absolute Gasteiger partial charge is 0.0959 e. The topological polar surface area (TPSA) is 24.9 Å². The molecule has 0 fully saturated rings. The minimum atomic E-state index is 0.657. The van der Waals surface area contributed by atoms with Gasteiger partial charge in [0.2, 0.25) is 0 Å². The molecular formula is C13H22N2S. The van der Waals surface area contributed by atoms with Crippen molar-refractivity contribution in [1.29, 1.82) is 0 Å². The van der Waals surface area contributed by atoms with E-state index in [1.165, 1.54) is 25.0 Å². The van der Waals surface area contributed by atoms with Gasteiger partial charge >= 0.3 is 0 Å². The molecule has 1 N–H and O–H groups in total. The van der Waals surface area contributed by atoms with E-state index in [1.807, 2.05) is 30.1 Å². The van der Waals surface area contributed by atoms with E-state index < -0.39 is 0 Å². The van der Waals surface area contributed by atoms with Crippen LogP contribution in [-0.4, -0.2) is 23.3 Å². The second kappa shape index (κ2) is 8.59. The van der Waals surface area contributed by atoms with Crippen LogP contribution in [0.1, 0.15) is 33.1 Å². The van der Waals surface area contributed by atoms with Crippen LogP contribution in [0.3, 0.4) is 0 Å². The predicted molar refractivity (Wildman–Crippen MR) is 72.0 cm³/mol. The predicted octanol–water partition coefficient (Wildman–Crippen LogP) is 3.34. The lowest BCUT2D eigenvalue weighted by Crippen LogP contribution is -2.25. The maximum absolute atomic E-state index is 4.29. The van der Waals surface area contributed by atoms with Crippen LogP contribution in [0.15, 0.2) is 29.4 Å². The van der Waals surface area contributed by atoms with Gasteiger partial charge in [-0.2, -0.15) is 0 Å². The first-order chi connectivity index (χ1) is 7.83. The van der Waals surface area contributed by atoms with Crippen LogP contribution >= 0.6 is 11.8 Å². The highest BCUT2D eigenvalue weighted by Gasteiger charge is 1.99. The quantitative estimate of drug-likeness (QED) is 0.555. The Labute approximate surface area is 103 Å². The zero-order chi connectivity index (χ0) is 11.6. The average molecular weight is 238 g/mol. The molecule has 0 amide bonds. The average Bonchev–Trinajstić information content (AvgIpc) is 2.30. The van der Waals surface area contributed by atoms with Gasteiger partial charge in [-0.1, -0.05) is 19.4 Å². The summed E-state index contributed by atoms with van der Waals surface area (Å²) < 4.78 is 0. The molecule has 1 rings (SSSR count). The van der Waals surface area contributed by atoms with E-state index in [-0.39, 0.29) is 0 Å². The molecule has 1 heterocycles. The summed E-state index contributed by atoms with van der Waals surface area (Å²) in [6, 6.07) is 6.74. The van der Waals surface area contributed by atoms with Gasteiger partial charge in [-0.3, -0.25) is 0 Å². The van der Waals surface area contributed by atoms with Crippen LogP contribution in [-0.2, 0) is 0 Å². The largest absolute Gasteiger partial charge is 0.315 e. The Hall–Kier alpha value is -0.540. The lowest BCUT2D eigenvalue weighted by Gasteiger charge is -2.11. The van der Waals surface area contributed by atoms with Gasteiger partial charge in [-0.15, -0.1) is 11.8 Å². The molecule has 2 nitrogen and oxygen atoms in total. The van der Waals surface area contributed by atoms with Gasteiger partial charge in [0.1, 0.15) is 0 Å². The summed E-state index contributed by atoms with van der Waals surface area (Å²) in [6.45, 7) is 5.49. The van der Waals surface area contributed by atoms with Crippen molar-refractivity contribution in [3.8, 4) is 0 Å². The molecule has 16 heavy (non-hydrogen) atoms. The monoisotopic (exact) mass is 238 g/mol. The van der Waals surface area contributed by atoms with E-state index >= 15 is 0 Å². The second-order valence-electron chi connectivity index (χ2n) is 3.97. The number of rotatable bonds is 8. The molecule has 0 saturated carbocycles. The zero-order valence-electron chi connectivity index (χ0n) is 10.3. The fraction of sp³-hybridized carbons (Fsp3) is 0.615. The van der Waals surface area contributed by atoms with Crippen molar-refractivity contribution in [3.05, 3.63) is 24.4 Å². The first kappa shape index (κ1) is 13.5. The normalized spacial score (nSPS) is 12.6. The van der Waals surface area contributed by atoms with Gasteiger partial charge in [0, 0.05) is 12.2 Å². The van der Waals surface area contributed by atoms with Crippen molar-refractivity contribution < 1.29 is 0 Å². The molecule has 1 aromatic rings. The van der Waals surface area contributed by atoms with Crippen LogP contribution in [0.5, 0.6) is 0 Å². The molecule has 90 valence electrons. The number of nitrogens with zero attached hydrogens (tertiary/aromatic N) is 1. The van der Waals surface area contributed by atoms with Gasteiger partial charge in [-0.05, 0) is 44.2 Å². The van der Waals surface area contributed by atoms with Crippen molar-refractivity contribution in [2.75, 3.05) is 12.3 Å². The number of unbranched alkanes of at least 4 members (excludes halogenated alkanes) is 1. The lowest BCUT2D eigenvalue weighted by molar-refractivity contribution is 0.510. The third-order valence-electron chi connectivity index (χ3n) is 2.47. The fourth-order valence-corrected chi connectivity index (χ4v) is 2.48. The molecule has 0 bridgehead atoms. The lowest BCUT2D eigenvalue weighted by atomic mass is 10.1. The summed E-state index contributed by atoms with van der Waals surface area (Å²) in [5.41, 5.74) is 0. The van der Waals surface area contributed by atoms with Crippen LogP contribution in [0.4, 0.5) is 0 Å². The number of thioether (sulfide) groups is 1. The van der Waals surface area contributed by atoms with Gasteiger partial charge < -0.3 is 5.32 Å². The molecule has 0 radical (unpaired) electrons. The van der Waals surface area contributed by atoms with E-state index in [0.29, 0.717) is 6.04 Å². The Kier molecular flexibility index (Phi) is 7.26. The van der Waals surface area contributed by atoms with Crippen LogP contribution in [0.2, 0.25) is 0 Å². The minimum Gasteiger partial charge on any atom is -0.315 e. The van der Waals surface area contributed by atoms with Crippen molar-refractivity contribution in [3.63, 3.8) is 0 Å². The number of hydrogen-bond acceptors (Lipinski definition) is 3. The first-order valence-electron chi connectivity index (χ1n) is 6.10. The SMILES string of the molecule is CCNC(C)CCCCSc1ccccn1. The molecule has 1 aromatic heterocycles. The number of hydrogen-bond donors (Lipinski definition) is 1. The van der Waals surface area contributed by atoms with Crippen LogP contribution in [0.25, 0.3) is 0 Å². The highest BCUT2D eigenvalue weighted by Crippen LogP contribution is 2.16. The van der Waals surface area contributed by atoms with Crippen molar-refractivity contribution in [2.24, 2.45) is 0 Å². The number of nitrogens with one attached hydrogen (secondary N) is 1. The molecule has 0 aliphatic rings. The molecule has 1 unspecified atom stereocenters. The van der Waals surface area contributed by atoms with E-state index in [4.69, 9.17) is 0 Å². The summed E-state index contributed by atoms with van der Waals surface area (Å²) >= 11 is 1.85. The van der Waals surface area contributed by atoms with Gasteiger partial charge in [0.05, 0.1) is 5.03 Å². The summed E-state index contributed by atoms with van der Waals surface area (Å²) in [5, 5.41) is 4.58. The third kappa shape index (κ3) is 6.13. The van der Waals surface area contributed by atoms with Crippen molar-refractivity contribution in [1.82, 2.24) is 10.3 Å². The van der Waals surface area contributed by atoms with Crippen molar-refractivity contribution in [2.45, 2.75) is 44.2 Å². The highest BCUT2D eigenvalue weighted by molar-refractivity contribution is 7.99. The fourth-order valence-electron chi connectivity index (χ4n) is 1.61. The summed E-state index contributed by atoms with van der Waals surface area (Å²) in [5.74, 6) is 1.18. The number of pyridine rings is 1. The maximum atomic E-state index is 4.29. The van der Waals surface area contributed by atoms with Crippen LogP contribution in [0, 0.1) is 0 Å². The first-order valence-corrected chi connectivity index (χ1v) is 7.08. The van der Waals surface area contributed by atoms with E-state index in [1.54, 1.807) is 0 Å². The molecule has 3 heteroatoms. The molecule has 0 aliphatic heterocycles. The molecule has 0 spiro atoms. The molecular weight excluding hydrogens is 216 g/mol. The summed E-state index contributed by atoms with van der Waals surface area (Å²) in [6.07, 6.45) is 5.71. The van der Waals surface area contributed by atoms with Gasteiger partial charge in [0.15, 0.2) is 0 Å². The Morgan fingerprint density at radius 1 is 1.38 bits per heavy atom. The van der Waals surface area contributed by atoms with Gasteiger partial charge in [-0.25, -0.2) is 4.98 Å². The third-order valence-corrected chi connectivity index (χ3v) is 3.50. The summed E-state index contributed by atoms with van der Waals surface area (Å²) in [4.78, 5) is 4.29. The Morgan fingerprint density at radius 3 is 2.94 bits per heavy atom. The van der Waals surface area contributed by atoms with E-state index in [0.717, 1.165) is 11.6 Å². The van der Waals surface area contributed by atoms with E-state index in [9.17, 15) is 0 Å². The maximum Gasteiger partial charge on any atom is 0.0959 e. The van der Waals surface area contributed by atoms with Crippen LogP contribution < -0.4 is 5.32 Å². The molecule has 0 saturated heterocycles.